The third kappa shape index (κ3) is 7.91. The highest BCUT2D eigenvalue weighted by Gasteiger charge is 2.17. The molecule has 286 valence electrons. The number of aromatic hydroxyl groups is 2. The van der Waals surface area contributed by atoms with Gasteiger partial charge in [0, 0.05) is 23.6 Å². The summed E-state index contributed by atoms with van der Waals surface area (Å²) in [5.74, 6) is 0.238. The molecule has 0 bridgehead atoms. The molecule has 9 aromatic rings. The highest BCUT2D eigenvalue weighted by atomic mass is 16.3. The highest BCUT2D eigenvalue weighted by molar-refractivity contribution is 5.98. The van der Waals surface area contributed by atoms with Gasteiger partial charge in [-0.15, -0.1) is 0 Å². The van der Waals surface area contributed by atoms with E-state index in [4.69, 9.17) is 9.98 Å². The Hall–Kier alpha value is -8.08. The third-order valence-electron chi connectivity index (χ3n) is 10.7. The van der Waals surface area contributed by atoms with E-state index in [0.29, 0.717) is 22.5 Å². The molecule has 9 rings (SSSR count). The van der Waals surface area contributed by atoms with Gasteiger partial charge < -0.3 is 10.2 Å². The van der Waals surface area contributed by atoms with Crippen LogP contribution in [0.4, 0.5) is 11.4 Å². The van der Waals surface area contributed by atoms with Gasteiger partial charge >= 0.3 is 0 Å². The molecular formula is C56H40N2O2. The van der Waals surface area contributed by atoms with Gasteiger partial charge in [0.05, 0.1) is 11.4 Å². The normalized spacial score (nSPS) is 11.3. The van der Waals surface area contributed by atoms with Crippen LogP contribution in [-0.2, 0) is 0 Å². The second-order valence-electron chi connectivity index (χ2n) is 14.5. The zero-order chi connectivity index (χ0) is 40.7. The van der Waals surface area contributed by atoms with Gasteiger partial charge in [0.25, 0.3) is 0 Å². The van der Waals surface area contributed by atoms with E-state index in [0.717, 1.165) is 66.8 Å². The average molecular weight is 773 g/mol. The fraction of sp³-hybridized carbons (Fsp3) is 0. The van der Waals surface area contributed by atoms with Crippen molar-refractivity contribution in [2.45, 2.75) is 0 Å². The summed E-state index contributed by atoms with van der Waals surface area (Å²) >= 11 is 0. The second kappa shape index (κ2) is 17.2. The van der Waals surface area contributed by atoms with E-state index in [1.165, 1.54) is 0 Å². The molecule has 0 aliphatic carbocycles. The van der Waals surface area contributed by atoms with Gasteiger partial charge in [0.15, 0.2) is 0 Å². The van der Waals surface area contributed by atoms with Gasteiger partial charge in [-0.25, -0.2) is 0 Å². The van der Waals surface area contributed by atoms with Crippen molar-refractivity contribution < 1.29 is 10.2 Å². The van der Waals surface area contributed by atoms with E-state index in [-0.39, 0.29) is 11.5 Å². The molecule has 0 saturated heterocycles. The van der Waals surface area contributed by atoms with Crippen LogP contribution in [-0.4, -0.2) is 22.6 Å². The zero-order valence-electron chi connectivity index (χ0n) is 32.7. The predicted octanol–water partition coefficient (Wildman–Crippen LogP) is 14.6. The molecule has 0 unspecified atom stereocenters. The van der Waals surface area contributed by atoms with Crippen molar-refractivity contribution in [3.63, 3.8) is 0 Å². The average Bonchev–Trinajstić information content (AvgIpc) is 3.31. The molecule has 4 heteroatoms. The number of para-hydroxylation sites is 2. The SMILES string of the molecule is Oc1cc(-c2c(-c3ccccc3)cccc2-c2ccccc2)ccc1C=Nc1ccccc1N=Cc1ccc(-c2c(-c3ccccc3)cccc2-c2ccccc2)cc1O. The minimum atomic E-state index is 0.119. The molecule has 0 spiro atoms. The van der Waals surface area contributed by atoms with Crippen LogP contribution in [0.25, 0.3) is 66.8 Å². The highest BCUT2D eigenvalue weighted by Crippen LogP contribution is 2.43. The van der Waals surface area contributed by atoms with E-state index in [1.54, 1.807) is 12.4 Å². The van der Waals surface area contributed by atoms with E-state index in [2.05, 4.69) is 84.9 Å². The second-order valence-corrected chi connectivity index (χ2v) is 14.5. The van der Waals surface area contributed by atoms with Crippen molar-refractivity contribution in [3.8, 4) is 78.3 Å². The standard InChI is InChI=1S/C56H40N2O2/c59-53-35-43(55-47(39-17-5-1-6-18-39)25-15-26-48(55)40-19-7-2-8-20-40)31-33-45(53)37-57-51-29-13-14-30-52(51)58-38-46-34-32-44(36-54(46)60)56-49(41-21-9-3-10-22-41)27-16-28-50(56)42-23-11-4-12-24-42/h1-38,59-60H. The number of nitrogens with zero attached hydrogens (tertiary/aromatic N) is 2. The molecule has 9 aromatic carbocycles. The van der Waals surface area contributed by atoms with Gasteiger partial charge in [-0.05, 0) is 103 Å². The summed E-state index contributed by atoms with van der Waals surface area (Å²) in [6.45, 7) is 0. The van der Waals surface area contributed by atoms with E-state index in [9.17, 15) is 10.2 Å². The Morgan fingerprint density at radius 1 is 0.283 bits per heavy atom. The number of rotatable bonds is 10. The summed E-state index contributed by atoms with van der Waals surface area (Å²) in [5, 5.41) is 22.9. The van der Waals surface area contributed by atoms with E-state index < -0.39 is 0 Å². The van der Waals surface area contributed by atoms with Crippen molar-refractivity contribution in [3.05, 3.63) is 230 Å². The summed E-state index contributed by atoms with van der Waals surface area (Å²) in [5.41, 5.74) is 15.0. The fourth-order valence-corrected chi connectivity index (χ4v) is 7.74. The molecule has 0 fully saturated rings. The molecule has 0 radical (unpaired) electrons. The van der Waals surface area contributed by atoms with Crippen molar-refractivity contribution in [2.75, 3.05) is 0 Å². The van der Waals surface area contributed by atoms with Crippen LogP contribution in [0, 0.1) is 0 Å². The summed E-state index contributed by atoms with van der Waals surface area (Å²) < 4.78 is 0. The van der Waals surface area contributed by atoms with Crippen molar-refractivity contribution in [1.29, 1.82) is 0 Å². The Labute approximate surface area is 350 Å². The quantitative estimate of drug-likeness (QED) is 0.136. The minimum absolute atomic E-state index is 0.119. The first-order valence-electron chi connectivity index (χ1n) is 19.9. The Morgan fingerprint density at radius 2 is 0.583 bits per heavy atom. The molecule has 0 aromatic heterocycles. The van der Waals surface area contributed by atoms with Crippen LogP contribution in [0.5, 0.6) is 11.5 Å². The van der Waals surface area contributed by atoms with Gasteiger partial charge in [-0.3, -0.25) is 9.98 Å². The van der Waals surface area contributed by atoms with Crippen LogP contribution in [0.15, 0.2) is 228 Å². The van der Waals surface area contributed by atoms with Gasteiger partial charge in [0.2, 0.25) is 0 Å². The fourth-order valence-electron chi connectivity index (χ4n) is 7.74. The molecule has 0 aliphatic heterocycles. The number of hydrogen-bond donors (Lipinski definition) is 2. The number of phenolic OH excluding ortho intramolecular Hbond substituents is 2. The monoisotopic (exact) mass is 772 g/mol. The number of aliphatic imine (C=N–C) groups is 2. The Kier molecular flexibility index (Phi) is 10.7. The molecular weight excluding hydrogens is 733 g/mol. The summed E-state index contributed by atoms with van der Waals surface area (Å²) in [6, 6.07) is 73.0. The molecule has 2 N–H and O–H groups in total. The lowest BCUT2D eigenvalue weighted by molar-refractivity contribution is 0.474. The largest absolute Gasteiger partial charge is 0.507 e. The van der Waals surface area contributed by atoms with Gasteiger partial charge in [0.1, 0.15) is 11.5 Å². The van der Waals surface area contributed by atoms with Crippen LogP contribution in [0.3, 0.4) is 0 Å². The summed E-state index contributed by atoms with van der Waals surface area (Å²) in [6.07, 6.45) is 3.32. The van der Waals surface area contributed by atoms with E-state index >= 15 is 0 Å². The van der Waals surface area contributed by atoms with Crippen LogP contribution >= 0.6 is 0 Å². The zero-order valence-corrected chi connectivity index (χ0v) is 32.7. The molecule has 0 saturated carbocycles. The van der Waals surface area contributed by atoms with Crippen LogP contribution < -0.4 is 0 Å². The molecule has 0 heterocycles. The van der Waals surface area contributed by atoms with E-state index in [1.807, 2.05) is 133 Å². The molecule has 0 aliphatic rings. The topological polar surface area (TPSA) is 65.2 Å². The Bertz CT molecular complexity index is 2660. The third-order valence-corrected chi connectivity index (χ3v) is 10.7. The molecule has 0 atom stereocenters. The summed E-state index contributed by atoms with van der Waals surface area (Å²) in [7, 11) is 0. The maximum Gasteiger partial charge on any atom is 0.124 e. The lowest BCUT2D eigenvalue weighted by Crippen LogP contribution is -1.92. The van der Waals surface area contributed by atoms with Crippen molar-refractivity contribution in [2.24, 2.45) is 9.98 Å². The molecule has 60 heavy (non-hydrogen) atoms. The first kappa shape index (κ1) is 37.5. The van der Waals surface area contributed by atoms with Gasteiger partial charge in [-0.2, -0.15) is 0 Å². The van der Waals surface area contributed by atoms with Crippen LogP contribution in [0.2, 0.25) is 0 Å². The maximum absolute atomic E-state index is 11.4. The first-order valence-corrected chi connectivity index (χ1v) is 19.9. The maximum atomic E-state index is 11.4. The lowest BCUT2D eigenvalue weighted by Gasteiger charge is -2.17. The summed E-state index contributed by atoms with van der Waals surface area (Å²) in [4.78, 5) is 9.55. The first-order chi connectivity index (χ1) is 29.6. The number of hydrogen-bond acceptors (Lipinski definition) is 4. The van der Waals surface area contributed by atoms with Crippen molar-refractivity contribution in [1.82, 2.24) is 0 Å². The Morgan fingerprint density at radius 3 is 0.883 bits per heavy atom. The predicted molar refractivity (Wildman–Crippen MR) is 250 cm³/mol. The number of benzene rings is 9. The molecule has 4 nitrogen and oxygen atoms in total. The minimum Gasteiger partial charge on any atom is -0.507 e. The van der Waals surface area contributed by atoms with Gasteiger partial charge in [-0.1, -0.05) is 182 Å². The lowest BCUT2D eigenvalue weighted by atomic mass is 9.87. The molecule has 0 amide bonds. The number of phenols is 2. The van der Waals surface area contributed by atoms with Crippen molar-refractivity contribution >= 4 is 23.8 Å². The smallest absolute Gasteiger partial charge is 0.124 e. The Balaban J connectivity index is 1.01. The van der Waals surface area contributed by atoms with Crippen LogP contribution in [0.1, 0.15) is 11.1 Å².